The molecule has 150 valence electrons. The van der Waals surface area contributed by atoms with E-state index in [2.05, 4.69) is 15.3 Å². The molecule has 0 radical (unpaired) electrons. The molecule has 3 N–H and O–H groups in total. The highest BCUT2D eigenvalue weighted by molar-refractivity contribution is 5.94. The van der Waals surface area contributed by atoms with Gasteiger partial charge in [-0.1, -0.05) is 12.1 Å². The van der Waals surface area contributed by atoms with Crippen LogP contribution in [0.2, 0.25) is 0 Å². The van der Waals surface area contributed by atoms with Gasteiger partial charge in [0.25, 0.3) is 0 Å². The van der Waals surface area contributed by atoms with E-state index in [-0.39, 0.29) is 36.6 Å². The SMILES string of the molecule is Cl.Cl.NC(C(=O)Nc1ccc(-n2cnc3ccccc32)nc1)C1CCOCC1. The first-order valence-electron chi connectivity index (χ1n) is 8.75. The summed E-state index contributed by atoms with van der Waals surface area (Å²) in [6, 6.07) is 11.0. The van der Waals surface area contributed by atoms with Gasteiger partial charge >= 0.3 is 0 Å². The van der Waals surface area contributed by atoms with Crippen LogP contribution in [0.1, 0.15) is 12.8 Å². The van der Waals surface area contributed by atoms with Crippen LogP contribution in [0.15, 0.2) is 48.9 Å². The van der Waals surface area contributed by atoms with Crippen LogP contribution in [0.5, 0.6) is 0 Å². The van der Waals surface area contributed by atoms with Crippen molar-refractivity contribution in [2.75, 3.05) is 18.5 Å². The Morgan fingerprint density at radius 1 is 1.14 bits per heavy atom. The fourth-order valence-corrected chi connectivity index (χ4v) is 3.26. The molecule has 1 amide bonds. The maximum absolute atomic E-state index is 12.4. The lowest BCUT2D eigenvalue weighted by Crippen LogP contribution is -2.44. The van der Waals surface area contributed by atoms with Gasteiger partial charge in [-0.15, -0.1) is 24.8 Å². The third-order valence-electron chi connectivity index (χ3n) is 4.79. The fraction of sp³-hybridized carbons (Fsp3) is 0.316. The van der Waals surface area contributed by atoms with E-state index in [1.54, 1.807) is 12.5 Å². The van der Waals surface area contributed by atoms with E-state index in [4.69, 9.17) is 10.5 Å². The monoisotopic (exact) mass is 423 g/mol. The quantitative estimate of drug-likeness (QED) is 0.672. The Morgan fingerprint density at radius 3 is 2.61 bits per heavy atom. The molecule has 0 bridgehead atoms. The third kappa shape index (κ3) is 4.62. The Morgan fingerprint density at radius 2 is 1.89 bits per heavy atom. The molecule has 1 atom stereocenters. The second-order valence-electron chi connectivity index (χ2n) is 6.47. The third-order valence-corrected chi connectivity index (χ3v) is 4.79. The van der Waals surface area contributed by atoms with Gasteiger partial charge in [-0.3, -0.25) is 9.36 Å². The molecule has 1 aliphatic heterocycles. The number of anilines is 1. The smallest absolute Gasteiger partial charge is 0.241 e. The summed E-state index contributed by atoms with van der Waals surface area (Å²) < 4.78 is 7.23. The number of rotatable bonds is 4. The van der Waals surface area contributed by atoms with Crippen molar-refractivity contribution < 1.29 is 9.53 Å². The number of carbonyl (C=O) groups excluding carboxylic acids is 1. The van der Waals surface area contributed by atoms with Crippen molar-refractivity contribution in [3.8, 4) is 5.82 Å². The van der Waals surface area contributed by atoms with Gasteiger partial charge in [-0.05, 0) is 43.0 Å². The molecule has 1 aliphatic rings. The second kappa shape index (κ2) is 9.84. The van der Waals surface area contributed by atoms with Crippen molar-refractivity contribution in [3.05, 3.63) is 48.9 Å². The topological polar surface area (TPSA) is 95.1 Å². The molecule has 4 rings (SSSR count). The summed E-state index contributed by atoms with van der Waals surface area (Å²) in [6.07, 6.45) is 5.02. The van der Waals surface area contributed by atoms with Crippen molar-refractivity contribution in [3.63, 3.8) is 0 Å². The van der Waals surface area contributed by atoms with Gasteiger partial charge in [0.15, 0.2) is 0 Å². The van der Waals surface area contributed by atoms with Crippen LogP contribution < -0.4 is 11.1 Å². The lowest BCUT2D eigenvalue weighted by Gasteiger charge is -2.26. The highest BCUT2D eigenvalue weighted by Crippen LogP contribution is 2.20. The van der Waals surface area contributed by atoms with E-state index < -0.39 is 6.04 Å². The van der Waals surface area contributed by atoms with Gasteiger partial charge in [0, 0.05) is 13.2 Å². The van der Waals surface area contributed by atoms with E-state index in [0.717, 1.165) is 29.7 Å². The van der Waals surface area contributed by atoms with Crippen molar-refractivity contribution in [2.45, 2.75) is 18.9 Å². The molecule has 1 saturated heterocycles. The number of pyridine rings is 1. The molecular weight excluding hydrogens is 401 g/mol. The molecule has 9 heteroatoms. The van der Waals surface area contributed by atoms with E-state index in [0.29, 0.717) is 18.9 Å². The highest BCUT2D eigenvalue weighted by atomic mass is 35.5. The van der Waals surface area contributed by atoms with Crippen LogP contribution >= 0.6 is 24.8 Å². The van der Waals surface area contributed by atoms with Gasteiger partial charge in [-0.25, -0.2) is 9.97 Å². The van der Waals surface area contributed by atoms with E-state index >= 15 is 0 Å². The first-order valence-corrected chi connectivity index (χ1v) is 8.75. The summed E-state index contributed by atoms with van der Waals surface area (Å²) in [6.45, 7) is 1.33. The highest BCUT2D eigenvalue weighted by Gasteiger charge is 2.26. The maximum Gasteiger partial charge on any atom is 0.241 e. The van der Waals surface area contributed by atoms with Gasteiger partial charge in [0.05, 0.1) is 29.0 Å². The molecular formula is C19H23Cl2N5O2. The number of carbonyl (C=O) groups is 1. The number of amides is 1. The van der Waals surface area contributed by atoms with E-state index in [1.807, 2.05) is 41.0 Å². The number of ether oxygens (including phenoxy) is 1. The number of nitrogens with zero attached hydrogens (tertiary/aromatic N) is 3. The van der Waals surface area contributed by atoms with Gasteiger partial charge in [0.1, 0.15) is 12.1 Å². The van der Waals surface area contributed by atoms with Crippen LogP contribution in [0.4, 0.5) is 5.69 Å². The van der Waals surface area contributed by atoms with Crippen LogP contribution in [0, 0.1) is 5.92 Å². The molecule has 3 aromatic rings. The molecule has 7 nitrogen and oxygen atoms in total. The first kappa shape index (κ1) is 22.1. The zero-order valence-electron chi connectivity index (χ0n) is 15.2. The summed E-state index contributed by atoms with van der Waals surface area (Å²) in [4.78, 5) is 21.2. The molecule has 2 aromatic heterocycles. The summed E-state index contributed by atoms with van der Waals surface area (Å²) in [5.41, 5.74) is 8.63. The lowest BCUT2D eigenvalue weighted by molar-refractivity contribution is -0.119. The molecule has 28 heavy (non-hydrogen) atoms. The molecule has 0 aliphatic carbocycles. The number of benzene rings is 1. The largest absolute Gasteiger partial charge is 0.381 e. The molecule has 0 saturated carbocycles. The number of halogens is 2. The molecule has 1 aromatic carbocycles. The van der Waals surface area contributed by atoms with Crippen LogP contribution in [-0.2, 0) is 9.53 Å². The van der Waals surface area contributed by atoms with E-state index in [1.165, 1.54) is 0 Å². The number of nitrogens with one attached hydrogen (secondary N) is 1. The Labute approximate surface area is 175 Å². The average molecular weight is 424 g/mol. The molecule has 0 spiro atoms. The lowest BCUT2D eigenvalue weighted by atomic mass is 9.92. The first-order chi connectivity index (χ1) is 12.7. The fourth-order valence-electron chi connectivity index (χ4n) is 3.26. The van der Waals surface area contributed by atoms with Gasteiger partial charge in [0.2, 0.25) is 5.91 Å². The number of nitrogens with two attached hydrogens (primary N) is 1. The Balaban J connectivity index is 0.00000140. The zero-order chi connectivity index (χ0) is 17.9. The van der Waals surface area contributed by atoms with Crippen molar-refractivity contribution >= 4 is 47.4 Å². The number of fused-ring (bicyclic) bond motifs is 1. The summed E-state index contributed by atoms with van der Waals surface area (Å²) in [5.74, 6) is 0.721. The summed E-state index contributed by atoms with van der Waals surface area (Å²) in [5, 5.41) is 2.86. The predicted molar refractivity (Wildman–Crippen MR) is 114 cm³/mol. The number of aromatic nitrogens is 3. The normalized spacial score (nSPS) is 15.3. The average Bonchev–Trinajstić information content (AvgIpc) is 3.13. The van der Waals surface area contributed by atoms with Crippen molar-refractivity contribution in [1.29, 1.82) is 0 Å². The molecule has 3 heterocycles. The van der Waals surface area contributed by atoms with Crippen LogP contribution in [0.3, 0.4) is 0 Å². The number of hydrogen-bond donors (Lipinski definition) is 2. The van der Waals surface area contributed by atoms with Crippen molar-refractivity contribution in [1.82, 2.24) is 14.5 Å². The number of hydrogen-bond acceptors (Lipinski definition) is 5. The minimum atomic E-state index is -0.531. The standard InChI is InChI=1S/C19H21N5O2.2ClH/c20-18(13-7-9-26-10-8-13)19(25)23-14-5-6-17(21-11-14)24-12-22-15-3-1-2-4-16(15)24;;/h1-6,11-13,18H,7-10,20H2,(H,23,25);2*1H. The van der Waals surface area contributed by atoms with Crippen LogP contribution in [-0.4, -0.2) is 39.7 Å². The number of para-hydroxylation sites is 2. The Kier molecular flexibility index (Phi) is 7.77. The Bertz CT molecular complexity index is 910. The minimum absolute atomic E-state index is 0. The second-order valence-corrected chi connectivity index (χ2v) is 6.47. The number of imidazole rings is 1. The summed E-state index contributed by atoms with van der Waals surface area (Å²) >= 11 is 0. The zero-order valence-corrected chi connectivity index (χ0v) is 16.8. The molecule has 1 fully saturated rings. The van der Waals surface area contributed by atoms with Crippen molar-refractivity contribution in [2.24, 2.45) is 11.7 Å². The predicted octanol–water partition coefficient (Wildman–Crippen LogP) is 2.96. The summed E-state index contributed by atoms with van der Waals surface area (Å²) in [7, 11) is 0. The van der Waals surface area contributed by atoms with Gasteiger partial charge < -0.3 is 15.8 Å². The van der Waals surface area contributed by atoms with E-state index in [9.17, 15) is 4.79 Å². The van der Waals surface area contributed by atoms with Gasteiger partial charge in [-0.2, -0.15) is 0 Å². The van der Waals surface area contributed by atoms with Crippen LogP contribution in [0.25, 0.3) is 16.9 Å². The molecule has 1 unspecified atom stereocenters. The minimum Gasteiger partial charge on any atom is -0.381 e. The Hall–Kier alpha value is -2.19. The maximum atomic E-state index is 12.4.